The quantitative estimate of drug-likeness (QED) is 0.543. The first kappa shape index (κ1) is 7.35. The Labute approximate surface area is 71.2 Å². The highest BCUT2D eigenvalue weighted by Gasteiger charge is 2.22. The molecule has 0 saturated carbocycles. The van der Waals surface area contributed by atoms with Gasteiger partial charge in [-0.05, 0) is 18.6 Å². The number of esters is 1. The van der Waals surface area contributed by atoms with Gasteiger partial charge in [-0.25, -0.2) is 4.79 Å². The van der Waals surface area contributed by atoms with Crippen molar-refractivity contribution in [3.63, 3.8) is 0 Å². The van der Waals surface area contributed by atoms with Crippen molar-refractivity contribution in [1.29, 1.82) is 0 Å². The molecule has 0 amide bonds. The Bertz CT molecular complexity index is 317. The van der Waals surface area contributed by atoms with E-state index in [4.69, 9.17) is 4.74 Å². The van der Waals surface area contributed by atoms with Gasteiger partial charge >= 0.3 is 5.97 Å². The summed E-state index contributed by atoms with van der Waals surface area (Å²) >= 11 is 0. The Morgan fingerprint density at radius 3 is 3.00 bits per heavy atom. The Morgan fingerprint density at radius 2 is 2.17 bits per heavy atom. The van der Waals surface area contributed by atoms with E-state index in [0.29, 0.717) is 0 Å². The van der Waals surface area contributed by atoms with Crippen LogP contribution in [0.15, 0.2) is 24.3 Å². The molecule has 0 radical (unpaired) electrons. The third kappa shape index (κ3) is 1.09. The number of hydrogen-bond donors (Lipinski definition) is 0. The number of carbonyl (C=O) groups excluding carboxylic acids is 1. The number of hydrogen-bond acceptors (Lipinski definition) is 2. The number of carbonyl (C=O) groups is 1. The fraction of sp³-hybridized carbons (Fsp3) is 0.300. The van der Waals surface area contributed by atoms with E-state index >= 15 is 0 Å². The van der Waals surface area contributed by atoms with Gasteiger partial charge in [0.2, 0.25) is 0 Å². The fourth-order valence-electron chi connectivity index (χ4n) is 1.50. The minimum absolute atomic E-state index is 0.0207. The van der Waals surface area contributed by atoms with Crippen LogP contribution in [0.5, 0.6) is 0 Å². The predicted molar refractivity (Wildman–Crippen MR) is 45.0 cm³/mol. The van der Waals surface area contributed by atoms with E-state index in [1.807, 2.05) is 31.2 Å². The molecule has 0 fully saturated rings. The van der Waals surface area contributed by atoms with Crippen LogP contribution in [-0.4, -0.2) is 12.1 Å². The van der Waals surface area contributed by atoms with Gasteiger partial charge in [0.25, 0.3) is 0 Å². The number of benzene rings is 1. The van der Waals surface area contributed by atoms with Crippen molar-refractivity contribution in [2.45, 2.75) is 19.4 Å². The van der Waals surface area contributed by atoms with Crippen LogP contribution < -0.4 is 0 Å². The molecule has 2 heteroatoms. The molecular weight excluding hydrogens is 152 g/mol. The first-order valence-electron chi connectivity index (χ1n) is 4.06. The minimum Gasteiger partial charge on any atom is -0.459 e. The summed E-state index contributed by atoms with van der Waals surface area (Å²) in [5, 5.41) is 0. The van der Waals surface area contributed by atoms with Crippen molar-refractivity contribution in [1.82, 2.24) is 0 Å². The second-order valence-electron chi connectivity index (χ2n) is 3.08. The zero-order valence-corrected chi connectivity index (χ0v) is 6.91. The number of cyclic esters (lactones) is 1. The first-order valence-corrected chi connectivity index (χ1v) is 4.06. The van der Waals surface area contributed by atoms with Gasteiger partial charge in [-0.3, -0.25) is 0 Å². The molecule has 1 aliphatic rings. The third-order valence-electron chi connectivity index (χ3n) is 2.05. The zero-order chi connectivity index (χ0) is 8.55. The maximum Gasteiger partial charge on any atom is 0.338 e. The van der Waals surface area contributed by atoms with Crippen LogP contribution in [0.2, 0.25) is 0 Å². The molecule has 1 aliphatic heterocycles. The fourth-order valence-corrected chi connectivity index (χ4v) is 1.50. The van der Waals surface area contributed by atoms with E-state index in [9.17, 15) is 4.79 Å². The molecule has 0 N–H and O–H groups in total. The summed E-state index contributed by atoms with van der Waals surface area (Å²) in [4.78, 5) is 11.3. The van der Waals surface area contributed by atoms with Crippen molar-refractivity contribution in [3.05, 3.63) is 35.4 Å². The maximum absolute atomic E-state index is 11.3. The van der Waals surface area contributed by atoms with Crippen molar-refractivity contribution in [3.8, 4) is 0 Å². The van der Waals surface area contributed by atoms with Gasteiger partial charge in [-0.1, -0.05) is 18.2 Å². The van der Waals surface area contributed by atoms with Crippen LogP contribution in [0, 0.1) is 0 Å². The highest BCUT2D eigenvalue weighted by atomic mass is 16.5. The van der Waals surface area contributed by atoms with Crippen molar-refractivity contribution in [2.75, 3.05) is 0 Å². The van der Waals surface area contributed by atoms with Gasteiger partial charge in [0, 0.05) is 6.42 Å². The molecule has 0 spiro atoms. The van der Waals surface area contributed by atoms with E-state index in [0.717, 1.165) is 17.5 Å². The smallest absolute Gasteiger partial charge is 0.338 e. The Hall–Kier alpha value is -1.31. The van der Waals surface area contributed by atoms with Crippen LogP contribution in [-0.2, 0) is 11.2 Å². The maximum atomic E-state index is 11.3. The summed E-state index contributed by atoms with van der Waals surface area (Å²) in [6.45, 7) is 1.91. The predicted octanol–water partition coefficient (Wildman–Crippen LogP) is 1.79. The molecule has 1 aromatic carbocycles. The average Bonchev–Trinajstić information content (AvgIpc) is 2.04. The van der Waals surface area contributed by atoms with E-state index in [-0.39, 0.29) is 12.1 Å². The molecule has 1 aromatic rings. The molecule has 62 valence electrons. The van der Waals surface area contributed by atoms with E-state index in [2.05, 4.69) is 0 Å². The zero-order valence-electron chi connectivity index (χ0n) is 6.91. The van der Waals surface area contributed by atoms with Gasteiger partial charge in [-0.15, -0.1) is 0 Å². The van der Waals surface area contributed by atoms with E-state index in [1.165, 1.54) is 0 Å². The lowest BCUT2D eigenvalue weighted by Crippen LogP contribution is -2.24. The number of rotatable bonds is 0. The molecule has 12 heavy (non-hydrogen) atoms. The number of fused-ring (bicyclic) bond motifs is 1. The highest BCUT2D eigenvalue weighted by molar-refractivity contribution is 5.92. The molecule has 0 unspecified atom stereocenters. The first-order chi connectivity index (χ1) is 5.77. The standard InChI is InChI=1S/C10H10O2/c1-7-6-8-4-2-3-5-9(8)10(11)12-7/h2-5,7H,6H2,1H3/t7-/m1/s1. The Morgan fingerprint density at radius 1 is 1.42 bits per heavy atom. The lowest BCUT2D eigenvalue weighted by Gasteiger charge is -2.20. The molecule has 1 atom stereocenters. The summed E-state index contributed by atoms with van der Waals surface area (Å²) in [6, 6.07) is 7.59. The topological polar surface area (TPSA) is 26.3 Å². The summed E-state index contributed by atoms with van der Waals surface area (Å²) in [5.41, 5.74) is 1.82. The van der Waals surface area contributed by atoms with Gasteiger partial charge in [0.05, 0.1) is 5.56 Å². The third-order valence-corrected chi connectivity index (χ3v) is 2.05. The highest BCUT2D eigenvalue weighted by Crippen LogP contribution is 2.19. The molecule has 0 saturated heterocycles. The largest absolute Gasteiger partial charge is 0.459 e. The molecule has 1 heterocycles. The summed E-state index contributed by atoms with van der Waals surface area (Å²) in [5.74, 6) is -0.190. The van der Waals surface area contributed by atoms with Crippen LogP contribution in [0.3, 0.4) is 0 Å². The Kier molecular flexibility index (Phi) is 1.61. The van der Waals surface area contributed by atoms with Crippen molar-refractivity contribution >= 4 is 5.97 Å². The molecule has 2 rings (SSSR count). The minimum atomic E-state index is -0.190. The van der Waals surface area contributed by atoms with Gasteiger partial charge < -0.3 is 4.74 Å². The summed E-state index contributed by atoms with van der Waals surface area (Å²) < 4.78 is 5.07. The van der Waals surface area contributed by atoms with Crippen LogP contribution in [0.25, 0.3) is 0 Å². The SMILES string of the molecule is C[C@@H]1Cc2ccccc2C(=O)O1. The molecule has 0 aliphatic carbocycles. The lowest BCUT2D eigenvalue weighted by molar-refractivity contribution is 0.0301. The normalized spacial score (nSPS) is 21.4. The van der Waals surface area contributed by atoms with Gasteiger partial charge in [-0.2, -0.15) is 0 Å². The van der Waals surface area contributed by atoms with Crippen molar-refractivity contribution < 1.29 is 9.53 Å². The molecule has 0 bridgehead atoms. The lowest BCUT2D eigenvalue weighted by atomic mass is 10.00. The molecular formula is C10H10O2. The summed E-state index contributed by atoms with van der Waals surface area (Å²) in [6.07, 6.45) is 0.856. The second kappa shape index (κ2) is 2.63. The van der Waals surface area contributed by atoms with Gasteiger partial charge in [0.15, 0.2) is 0 Å². The summed E-state index contributed by atoms with van der Waals surface area (Å²) in [7, 11) is 0. The van der Waals surface area contributed by atoms with Gasteiger partial charge in [0.1, 0.15) is 6.10 Å². The van der Waals surface area contributed by atoms with Crippen LogP contribution in [0.1, 0.15) is 22.8 Å². The van der Waals surface area contributed by atoms with E-state index in [1.54, 1.807) is 0 Å². The van der Waals surface area contributed by atoms with E-state index < -0.39 is 0 Å². The monoisotopic (exact) mass is 162 g/mol. The Balaban J connectivity index is 2.47. The molecule has 2 nitrogen and oxygen atoms in total. The van der Waals surface area contributed by atoms with Crippen molar-refractivity contribution in [2.24, 2.45) is 0 Å². The van der Waals surface area contributed by atoms with Crippen LogP contribution >= 0.6 is 0 Å². The van der Waals surface area contributed by atoms with Crippen LogP contribution in [0.4, 0.5) is 0 Å². The average molecular weight is 162 g/mol. The number of ether oxygens (including phenoxy) is 1. The molecule has 0 aromatic heterocycles. The second-order valence-corrected chi connectivity index (χ2v) is 3.08.